The van der Waals surface area contributed by atoms with Crippen molar-refractivity contribution in [2.75, 3.05) is 38.7 Å². The van der Waals surface area contributed by atoms with Gasteiger partial charge in [0.15, 0.2) is 11.6 Å². The standard InChI is InChI=1S/C32H40FN5O4.C2H6/c1-4-6-12-26(39)38-15-8-9-20(18-38)19-42-25-17-34-14-13-22(25)29-30(36-24-11-7-10-23(33)31(24)41-3)27-28(37-29)21(5-2)16-35-32(27)40;1-2/h7,10-11,13-14,17,20-21,36-37H,4-6,8-9,12,15-16,18-19H2,1-3H3,(H,35,40);1-2H3. The molecular formula is C34H46FN5O4. The molecule has 0 bridgehead atoms. The fraction of sp³-hybridized carbons (Fsp3) is 0.500. The average Bonchev–Trinajstić information content (AvgIpc) is 3.44. The van der Waals surface area contributed by atoms with Gasteiger partial charge in [-0.05, 0) is 43.9 Å². The molecule has 1 saturated heterocycles. The highest BCUT2D eigenvalue weighted by Gasteiger charge is 2.33. The molecule has 10 heteroatoms. The Morgan fingerprint density at radius 3 is 2.80 bits per heavy atom. The number of anilines is 2. The van der Waals surface area contributed by atoms with Crippen molar-refractivity contribution in [3.8, 4) is 22.8 Å². The van der Waals surface area contributed by atoms with E-state index in [1.54, 1.807) is 24.5 Å². The molecule has 3 N–H and O–H groups in total. The van der Waals surface area contributed by atoms with Gasteiger partial charge < -0.3 is 30.0 Å². The number of para-hydroxylation sites is 1. The van der Waals surface area contributed by atoms with Crippen LogP contribution in [0.2, 0.25) is 0 Å². The summed E-state index contributed by atoms with van der Waals surface area (Å²) in [6.45, 7) is 10.6. The normalized spacial score (nSPS) is 17.6. The number of pyridine rings is 1. The van der Waals surface area contributed by atoms with E-state index in [9.17, 15) is 14.0 Å². The molecule has 9 nitrogen and oxygen atoms in total. The predicted molar refractivity (Wildman–Crippen MR) is 171 cm³/mol. The van der Waals surface area contributed by atoms with Crippen molar-refractivity contribution in [2.24, 2.45) is 5.92 Å². The van der Waals surface area contributed by atoms with Crippen LogP contribution < -0.4 is 20.1 Å². The van der Waals surface area contributed by atoms with Gasteiger partial charge in [-0.2, -0.15) is 0 Å². The van der Waals surface area contributed by atoms with Gasteiger partial charge in [-0.25, -0.2) is 4.39 Å². The number of hydrogen-bond acceptors (Lipinski definition) is 6. The number of carbonyl (C=O) groups excluding carboxylic acids is 2. The number of aromatic nitrogens is 2. The third-order valence-electron chi connectivity index (χ3n) is 8.24. The maximum absolute atomic E-state index is 14.6. The Bertz CT molecular complexity index is 1420. The smallest absolute Gasteiger partial charge is 0.255 e. The summed E-state index contributed by atoms with van der Waals surface area (Å²) in [4.78, 5) is 35.7. The Morgan fingerprint density at radius 1 is 1.23 bits per heavy atom. The van der Waals surface area contributed by atoms with Gasteiger partial charge in [0.2, 0.25) is 5.91 Å². The maximum atomic E-state index is 14.6. The molecule has 2 aliphatic heterocycles. The number of piperidine rings is 1. The van der Waals surface area contributed by atoms with Gasteiger partial charge in [0.05, 0.1) is 42.5 Å². The second kappa shape index (κ2) is 15.6. The molecule has 4 heterocycles. The van der Waals surface area contributed by atoms with Crippen molar-refractivity contribution >= 4 is 23.2 Å². The number of H-pyrrole nitrogens is 1. The summed E-state index contributed by atoms with van der Waals surface area (Å²) in [6.07, 6.45) is 8.61. The number of likely N-dealkylation sites (tertiary alicyclic amines) is 1. The van der Waals surface area contributed by atoms with Crippen molar-refractivity contribution < 1.29 is 23.5 Å². The number of hydrogen-bond donors (Lipinski definition) is 3. The quantitative estimate of drug-likeness (QED) is 0.216. The molecule has 0 aliphatic carbocycles. The molecule has 1 fully saturated rings. The Hall–Kier alpha value is -4.08. The number of rotatable bonds is 11. The summed E-state index contributed by atoms with van der Waals surface area (Å²) in [5.41, 5.74) is 3.62. The average molecular weight is 608 g/mol. The highest BCUT2D eigenvalue weighted by atomic mass is 19.1. The summed E-state index contributed by atoms with van der Waals surface area (Å²) in [5.74, 6) is 0.419. The fourth-order valence-corrected chi connectivity index (χ4v) is 5.92. The molecule has 0 radical (unpaired) electrons. The van der Waals surface area contributed by atoms with Gasteiger partial charge in [0.25, 0.3) is 5.91 Å². The summed E-state index contributed by atoms with van der Waals surface area (Å²) in [6, 6.07) is 6.48. The molecule has 2 atom stereocenters. The lowest BCUT2D eigenvalue weighted by Gasteiger charge is -2.33. The van der Waals surface area contributed by atoms with Gasteiger partial charge in [0, 0.05) is 55.3 Å². The number of fused-ring (bicyclic) bond motifs is 1. The number of benzene rings is 1. The van der Waals surface area contributed by atoms with E-state index in [1.807, 2.05) is 24.8 Å². The van der Waals surface area contributed by atoms with E-state index in [0.717, 1.165) is 49.9 Å². The van der Waals surface area contributed by atoms with Crippen LogP contribution in [0.15, 0.2) is 36.7 Å². The molecule has 44 heavy (non-hydrogen) atoms. The maximum Gasteiger partial charge on any atom is 0.255 e. The SMILES string of the molecule is CC.CCCCC(=O)N1CCCC(COc2cnccc2-c2[nH]c3c(c2Nc2cccc(F)c2OC)C(=O)NCC3CC)C1. The number of nitrogens with one attached hydrogen (secondary N) is 3. The third-order valence-corrected chi connectivity index (χ3v) is 8.24. The summed E-state index contributed by atoms with van der Waals surface area (Å²) in [5, 5.41) is 6.30. The van der Waals surface area contributed by atoms with Crippen LogP contribution in [0.25, 0.3) is 11.3 Å². The second-order valence-corrected chi connectivity index (χ2v) is 11.1. The zero-order valence-electron chi connectivity index (χ0n) is 26.6. The van der Waals surface area contributed by atoms with Crippen LogP contribution in [0, 0.1) is 11.7 Å². The molecule has 1 aromatic carbocycles. The number of methoxy groups -OCH3 is 1. The highest BCUT2D eigenvalue weighted by Crippen LogP contribution is 2.44. The van der Waals surface area contributed by atoms with Gasteiger partial charge in [-0.15, -0.1) is 0 Å². The summed E-state index contributed by atoms with van der Waals surface area (Å²) >= 11 is 0. The number of unbranched alkanes of at least 4 members (excludes halogenated alkanes) is 1. The Balaban J connectivity index is 0.00000216. The van der Waals surface area contributed by atoms with Crippen molar-refractivity contribution in [3.05, 3.63) is 53.7 Å². The second-order valence-electron chi connectivity index (χ2n) is 11.1. The summed E-state index contributed by atoms with van der Waals surface area (Å²) in [7, 11) is 1.41. The first-order valence-corrected chi connectivity index (χ1v) is 15.9. The van der Waals surface area contributed by atoms with Crippen LogP contribution in [0.1, 0.15) is 88.2 Å². The molecule has 3 aromatic rings. The van der Waals surface area contributed by atoms with E-state index in [2.05, 4.69) is 34.4 Å². The van der Waals surface area contributed by atoms with E-state index in [0.29, 0.717) is 54.5 Å². The van der Waals surface area contributed by atoms with Crippen molar-refractivity contribution in [2.45, 2.75) is 72.1 Å². The van der Waals surface area contributed by atoms with Gasteiger partial charge in [0.1, 0.15) is 5.75 Å². The monoisotopic (exact) mass is 607 g/mol. The third kappa shape index (κ3) is 7.17. The lowest BCUT2D eigenvalue weighted by Crippen LogP contribution is -2.41. The van der Waals surface area contributed by atoms with Crippen molar-refractivity contribution in [1.82, 2.24) is 20.2 Å². The van der Waals surface area contributed by atoms with E-state index < -0.39 is 5.82 Å². The first-order chi connectivity index (χ1) is 21.4. The van der Waals surface area contributed by atoms with Gasteiger partial charge >= 0.3 is 0 Å². The zero-order valence-corrected chi connectivity index (χ0v) is 26.6. The first kappa shape index (κ1) is 32.8. The lowest BCUT2D eigenvalue weighted by atomic mass is 9.94. The van der Waals surface area contributed by atoms with Crippen LogP contribution in [0.3, 0.4) is 0 Å². The minimum absolute atomic E-state index is 0.0585. The van der Waals surface area contributed by atoms with Crippen LogP contribution >= 0.6 is 0 Å². The molecular weight excluding hydrogens is 561 g/mol. The number of nitrogens with zero attached hydrogens (tertiary/aromatic N) is 2. The first-order valence-electron chi connectivity index (χ1n) is 15.9. The largest absolute Gasteiger partial charge is 0.492 e. The molecule has 5 rings (SSSR count). The number of ether oxygens (including phenoxy) is 2. The van der Waals surface area contributed by atoms with Crippen LogP contribution in [0.4, 0.5) is 15.8 Å². The predicted octanol–water partition coefficient (Wildman–Crippen LogP) is 7.04. The Labute approximate surface area is 259 Å². The summed E-state index contributed by atoms with van der Waals surface area (Å²) < 4.78 is 26.3. The van der Waals surface area contributed by atoms with Crippen molar-refractivity contribution in [1.29, 1.82) is 0 Å². The lowest BCUT2D eigenvalue weighted by molar-refractivity contribution is -0.133. The minimum Gasteiger partial charge on any atom is -0.492 e. The van der Waals surface area contributed by atoms with E-state index in [4.69, 9.17) is 9.47 Å². The molecule has 0 saturated carbocycles. The van der Waals surface area contributed by atoms with E-state index in [1.165, 1.54) is 13.2 Å². The minimum atomic E-state index is -0.507. The van der Waals surface area contributed by atoms with Gasteiger partial charge in [-0.1, -0.05) is 40.2 Å². The highest BCUT2D eigenvalue weighted by molar-refractivity contribution is 6.07. The Kier molecular flexibility index (Phi) is 11.6. The van der Waals surface area contributed by atoms with Crippen molar-refractivity contribution in [3.63, 3.8) is 0 Å². The number of aromatic amines is 1. The van der Waals surface area contributed by atoms with Crippen LogP contribution in [0.5, 0.6) is 11.5 Å². The zero-order chi connectivity index (χ0) is 31.6. The molecule has 2 aromatic heterocycles. The van der Waals surface area contributed by atoms with Gasteiger partial charge in [-0.3, -0.25) is 14.6 Å². The van der Waals surface area contributed by atoms with Crippen LogP contribution in [-0.4, -0.2) is 60.0 Å². The molecule has 0 spiro atoms. The topological polar surface area (TPSA) is 109 Å². The van der Waals surface area contributed by atoms with Crippen LogP contribution in [-0.2, 0) is 4.79 Å². The fourth-order valence-electron chi connectivity index (χ4n) is 5.92. The molecule has 2 unspecified atom stereocenters. The van der Waals surface area contributed by atoms with E-state index >= 15 is 0 Å². The molecule has 2 aliphatic rings. The number of amides is 2. The Morgan fingerprint density at radius 2 is 2.05 bits per heavy atom. The number of carbonyl (C=O) groups is 2. The molecule has 238 valence electrons. The number of halogens is 1. The van der Waals surface area contributed by atoms with E-state index in [-0.39, 0.29) is 29.4 Å². The molecule has 2 amide bonds.